The number of nitrogens with one attached hydrogen (secondary N) is 1. The number of para-hydroxylation sites is 1. The minimum absolute atomic E-state index is 0.142. The predicted octanol–water partition coefficient (Wildman–Crippen LogP) is 4.42. The molecule has 0 fully saturated rings. The van der Waals surface area contributed by atoms with Gasteiger partial charge in [-0.05, 0) is 48.7 Å². The van der Waals surface area contributed by atoms with Crippen molar-refractivity contribution in [1.82, 2.24) is 10.1 Å². The van der Waals surface area contributed by atoms with Crippen molar-refractivity contribution in [3.05, 3.63) is 65.5 Å². The zero-order valence-electron chi connectivity index (χ0n) is 13.9. The Balaban J connectivity index is 1.79. The maximum Gasteiger partial charge on any atom is 0.257 e. The minimum atomic E-state index is -0.142. The highest BCUT2D eigenvalue weighted by atomic mass is 16.5. The van der Waals surface area contributed by atoms with Gasteiger partial charge in [-0.2, -0.15) is 4.98 Å². The Morgan fingerprint density at radius 2 is 1.79 bits per heavy atom. The molecular weight excluding hydrogens is 302 g/mol. The molecule has 0 unspecified atom stereocenters. The Morgan fingerprint density at radius 3 is 2.42 bits per heavy atom. The summed E-state index contributed by atoms with van der Waals surface area (Å²) in [5, 5.41) is 6.75. The number of carbonyl (C=O) groups is 1. The molecule has 1 aromatic heterocycles. The molecule has 0 radical (unpaired) electrons. The third-order valence-electron chi connectivity index (χ3n) is 3.75. The first-order valence-electron chi connectivity index (χ1n) is 7.85. The van der Waals surface area contributed by atoms with Gasteiger partial charge in [0.05, 0.1) is 0 Å². The van der Waals surface area contributed by atoms with E-state index in [2.05, 4.69) is 29.3 Å². The van der Waals surface area contributed by atoms with Gasteiger partial charge < -0.3 is 9.84 Å². The van der Waals surface area contributed by atoms with Crippen molar-refractivity contribution in [2.75, 3.05) is 5.32 Å². The number of aryl methyl sites for hydroxylation is 1. The molecule has 0 spiro atoms. The summed E-state index contributed by atoms with van der Waals surface area (Å²) in [5.74, 6) is 1.22. The van der Waals surface area contributed by atoms with Crippen molar-refractivity contribution in [3.63, 3.8) is 0 Å². The minimum Gasteiger partial charge on any atom is -0.334 e. The standard InChI is InChI=1S/C19H19N3O2/c1-12(2)16-6-4-5-7-17(16)21-18(23)14-8-10-15(11-9-14)19-20-13(3)22-24-19/h4-12H,1-3H3,(H,21,23). The summed E-state index contributed by atoms with van der Waals surface area (Å²) in [4.78, 5) is 16.7. The van der Waals surface area contributed by atoms with Crippen molar-refractivity contribution in [2.24, 2.45) is 0 Å². The van der Waals surface area contributed by atoms with Gasteiger partial charge in [0.15, 0.2) is 5.82 Å². The van der Waals surface area contributed by atoms with E-state index in [9.17, 15) is 4.79 Å². The highest BCUT2D eigenvalue weighted by molar-refractivity contribution is 6.04. The molecule has 122 valence electrons. The SMILES string of the molecule is Cc1noc(-c2ccc(C(=O)Nc3ccccc3C(C)C)cc2)n1. The quantitative estimate of drug-likeness (QED) is 0.772. The zero-order valence-corrected chi connectivity index (χ0v) is 13.9. The van der Waals surface area contributed by atoms with Crippen LogP contribution >= 0.6 is 0 Å². The van der Waals surface area contributed by atoms with Gasteiger partial charge in [0, 0.05) is 16.8 Å². The molecule has 2 aromatic carbocycles. The lowest BCUT2D eigenvalue weighted by Crippen LogP contribution is -2.13. The summed E-state index contributed by atoms with van der Waals surface area (Å²) in [6.07, 6.45) is 0. The number of hydrogen-bond donors (Lipinski definition) is 1. The van der Waals surface area contributed by atoms with Gasteiger partial charge in [0.2, 0.25) is 0 Å². The van der Waals surface area contributed by atoms with Crippen LogP contribution in [-0.4, -0.2) is 16.0 Å². The molecule has 0 aliphatic carbocycles. The Labute approximate surface area is 140 Å². The molecule has 5 nitrogen and oxygen atoms in total. The van der Waals surface area contributed by atoms with Crippen LogP contribution in [0.25, 0.3) is 11.5 Å². The van der Waals surface area contributed by atoms with Crippen LogP contribution in [0.5, 0.6) is 0 Å². The lowest BCUT2D eigenvalue weighted by molar-refractivity contribution is 0.102. The lowest BCUT2D eigenvalue weighted by atomic mass is 10.0. The molecule has 0 saturated carbocycles. The average molecular weight is 321 g/mol. The smallest absolute Gasteiger partial charge is 0.257 e. The van der Waals surface area contributed by atoms with E-state index in [1.165, 1.54) is 0 Å². The summed E-state index contributed by atoms with van der Waals surface area (Å²) >= 11 is 0. The molecule has 5 heteroatoms. The predicted molar refractivity (Wildman–Crippen MR) is 93.0 cm³/mol. The Hall–Kier alpha value is -2.95. The monoisotopic (exact) mass is 321 g/mol. The third-order valence-corrected chi connectivity index (χ3v) is 3.75. The van der Waals surface area contributed by atoms with Crippen molar-refractivity contribution in [3.8, 4) is 11.5 Å². The highest BCUT2D eigenvalue weighted by Gasteiger charge is 2.12. The summed E-state index contributed by atoms with van der Waals surface area (Å²) in [6.45, 7) is 5.97. The van der Waals surface area contributed by atoms with E-state index in [0.29, 0.717) is 23.2 Å². The van der Waals surface area contributed by atoms with Gasteiger partial charge in [-0.1, -0.05) is 37.2 Å². The lowest BCUT2D eigenvalue weighted by Gasteiger charge is -2.13. The van der Waals surface area contributed by atoms with E-state index in [4.69, 9.17) is 4.52 Å². The van der Waals surface area contributed by atoms with Crippen LogP contribution in [0.4, 0.5) is 5.69 Å². The second-order valence-electron chi connectivity index (χ2n) is 5.92. The Bertz CT molecular complexity index is 851. The van der Waals surface area contributed by atoms with Gasteiger partial charge in [-0.15, -0.1) is 0 Å². The molecule has 3 rings (SSSR count). The van der Waals surface area contributed by atoms with E-state index in [1.807, 2.05) is 24.3 Å². The van der Waals surface area contributed by atoms with Crippen molar-refractivity contribution < 1.29 is 9.32 Å². The van der Waals surface area contributed by atoms with Gasteiger partial charge in [-0.3, -0.25) is 4.79 Å². The molecule has 0 aliphatic heterocycles. The maximum absolute atomic E-state index is 12.5. The van der Waals surface area contributed by atoms with Crippen molar-refractivity contribution >= 4 is 11.6 Å². The van der Waals surface area contributed by atoms with Crippen LogP contribution in [0.3, 0.4) is 0 Å². The topological polar surface area (TPSA) is 68.0 Å². The van der Waals surface area contributed by atoms with Gasteiger partial charge >= 0.3 is 0 Å². The third kappa shape index (κ3) is 3.35. The molecule has 1 N–H and O–H groups in total. The van der Waals surface area contributed by atoms with E-state index >= 15 is 0 Å². The first kappa shape index (κ1) is 15.9. The molecular formula is C19H19N3O2. The number of rotatable bonds is 4. The van der Waals surface area contributed by atoms with Crippen LogP contribution in [0.2, 0.25) is 0 Å². The Kier molecular flexibility index (Phi) is 4.42. The van der Waals surface area contributed by atoms with Gasteiger partial charge in [0.1, 0.15) is 0 Å². The van der Waals surface area contributed by atoms with E-state index in [1.54, 1.807) is 31.2 Å². The number of benzene rings is 2. The van der Waals surface area contributed by atoms with Crippen LogP contribution in [0.1, 0.15) is 41.5 Å². The summed E-state index contributed by atoms with van der Waals surface area (Å²) in [7, 11) is 0. The number of amides is 1. The second kappa shape index (κ2) is 6.66. The first-order chi connectivity index (χ1) is 11.5. The molecule has 0 bridgehead atoms. The molecule has 1 amide bonds. The number of anilines is 1. The molecule has 24 heavy (non-hydrogen) atoms. The zero-order chi connectivity index (χ0) is 17.1. The van der Waals surface area contributed by atoms with E-state index in [0.717, 1.165) is 16.8 Å². The normalized spacial score (nSPS) is 10.8. The molecule has 1 heterocycles. The molecule has 0 aliphatic rings. The number of aromatic nitrogens is 2. The first-order valence-corrected chi connectivity index (χ1v) is 7.85. The van der Waals surface area contributed by atoms with E-state index < -0.39 is 0 Å². The molecule has 0 atom stereocenters. The van der Waals surface area contributed by atoms with E-state index in [-0.39, 0.29) is 5.91 Å². The van der Waals surface area contributed by atoms with Crippen LogP contribution in [-0.2, 0) is 0 Å². The molecule has 3 aromatic rings. The van der Waals surface area contributed by atoms with Crippen LogP contribution < -0.4 is 5.32 Å². The largest absolute Gasteiger partial charge is 0.334 e. The highest BCUT2D eigenvalue weighted by Crippen LogP contribution is 2.24. The summed E-state index contributed by atoms with van der Waals surface area (Å²) in [5.41, 5.74) is 3.32. The van der Waals surface area contributed by atoms with Gasteiger partial charge in [-0.25, -0.2) is 0 Å². The second-order valence-corrected chi connectivity index (χ2v) is 5.92. The average Bonchev–Trinajstić information content (AvgIpc) is 3.02. The number of nitrogens with zero attached hydrogens (tertiary/aromatic N) is 2. The number of hydrogen-bond acceptors (Lipinski definition) is 4. The summed E-state index contributed by atoms with van der Waals surface area (Å²) in [6, 6.07) is 15.0. The van der Waals surface area contributed by atoms with Crippen LogP contribution in [0.15, 0.2) is 53.1 Å². The van der Waals surface area contributed by atoms with Gasteiger partial charge in [0.25, 0.3) is 11.8 Å². The fourth-order valence-corrected chi connectivity index (χ4v) is 2.49. The molecule has 0 saturated heterocycles. The maximum atomic E-state index is 12.5. The van der Waals surface area contributed by atoms with Crippen LogP contribution in [0, 0.1) is 6.92 Å². The van der Waals surface area contributed by atoms with Crippen molar-refractivity contribution in [2.45, 2.75) is 26.7 Å². The fraction of sp³-hybridized carbons (Fsp3) is 0.211. The summed E-state index contributed by atoms with van der Waals surface area (Å²) < 4.78 is 5.13. The number of carbonyl (C=O) groups excluding carboxylic acids is 1. The Morgan fingerprint density at radius 1 is 1.08 bits per heavy atom. The fourth-order valence-electron chi connectivity index (χ4n) is 2.49. The van der Waals surface area contributed by atoms with Crippen molar-refractivity contribution in [1.29, 1.82) is 0 Å².